The number of halogens is 2. The molecule has 25 heavy (non-hydrogen) atoms. The lowest BCUT2D eigenvalue weighted by Crippen LogP contribution is -2.23. The topological polar surface area (TPSA) is 97.0 Å². The SMILES string of the molecule is C[C@H](SCc1nc(N)nc(N(C)C)n1)C(=O)Nc1cc(F)ccc1F. The predicted molar refractivity (Wildman–Crippen MR) is 94.3 cm³/mol. The molecule has 0 spiro atoms. The molecule has 1 atom stereocenters. The number of carbonyl (C=O) groups is 1. The molecule has 1 heterocycles. The van der Waals surface area contributed by atoms with Crippen LogP contribution in [0.4, 0.5) is 26.4 Å². The summed E-state index contributed by atoms with van der Waals surface area (Å²) in [4.78, 5) is 26.1. The quantitative estimate of drug-likeness (QED) is 0.805. The van der Waals surface area contributed by atoms with E-state index in [4.69, 9.17) is 5.73 Å². The molecule has 1 aromatic heterocycles. The van der Waals surface area contributed by atoms with E-state index in [9.17, 15) is 13.6 Å². The van der Waals surface area contributed by atoms with Crippen LogP contribution in [-0.2, 0) is 10.5 Å². The largest absolute Gasteiger partial charge is 0.368 e. The highest BCUT2D eigenvalue weighted by Gasteiger charge is 2.17. The first-order valence-corrected chi connectivity index (χ1v) is 8.36. The third-order valence-corrected chi connectivity index (χ3v) is 4.24. The molecule has 0 aliphatic rings. The normalized spacial score (nSPS) is 11.9. The molecule has 1 amide bonds. The summed E-state index contributed by atoms with van der Waals surface area (Å²) in [7, 11) is 3.55. The van der Waals surface area contributed by atoms with Gasteiger partial charge in [0, 0.05) is 20.2 Å². The number of hydrogen-bond donors (Lipinski definition) is 2. The van der Waals surface area contributed by atoms with Crippen LogP contribution in [0.2, 0.25) is 0 Å². The summed E-state index contributed by atoms with van der Waals surface area (Å²) in [6.45, 7) is 1.65. The summed E-state index contributed by atoms with van der Waals surface area (Å²) in [5.41, 5.74) is 5.44. The second-order valence-electron chi connectivity index (χ2n) is 5.37. The maximum absolute atomic E-state index is 13.6. The number of amides is 1. The maximum Gasteiger partial charge on any atom is 0.237 e. The van der Waals surface area contributed by atoms with Crippen molar-refractivity contribution in [3.8, 4) is 0 Å². The number of rotatable bonds is 6. The van der Waals surface area contributed by atoms with Gasteiger partial charge < -0.3 is 16.0 Å². The third-order valence-electron chi connectivity index (χ3n) is 3.11. The van der Waals surface area contributed by atoms with E-state index in [0.29, 0.717) is 17.5 Å². The van der Waals surface area contributed by atoms with Crippen LogP contribution in [-0.4, -0.2) is 40.2 Å². The highest BCUT2D eigenvalue weighted by atomic mass is 32.2. The Labute approximate surface area is 148 Å². The standard InChI is InChI=1S/C15H18F2N6OS/c1-8(13(24)19-11-6-9(16)4-5-10(11)17)25-7-12-20-14(18)22-15(21-12)23(2)3/h4-6,8H,7H2,1-3H3,(H,19,24)(H2,18,20,21,22)/t8-/m0/s1. The fourth-order valence-corrected chi connectivity index (χ4v) is 2.53. The summed E-state index contributed by atoms with van der Waals surface area (Å²) in [6, 6.07) is 2.87. The Kier molecular flexibility index (Phi) is 6.07. The molecule has 0 aliphatic heterocycles. The van der Waals surface area contributed by atoms with Crippen molar-refractivity contribution < 1.29 is 13.6 Å². The van der Waals surface area contributed by atoms with E-state index in [2.05, 4.69) is 20.3 Å². The lowest BCUT2D eigenvalue weighted by molar-refractivity contribution is -0.115. The predicted octanol–water partition coefficient (Wildman–Crippen LogP) is 2.06. The second-order valence-corrected chi connectivity index (χ2v) is 6.70. The molecular weight excluding hydrogens is 350 g/mol. The molecule has 0 aliphatic carbocycles. The minimum atomic E-state index is -0.701. The van der Waals surface area contributed by atoms with Gasteiger partial charge in [0.2, 0.25) is 17.8 Å². The molecule has 2 rings (SSSR count). The summed E-state index contributed by atoms with van der Waals surface area (Å²) < 4.78 is 26.7. The zero-order chi connectivity index (χ0) is 18.6. The van der Waals surface area contributed by atoms with E-state index in [1.807, 2.05) is 0 Å². The number of carbonyl (C=O) groups excluding carboxylic acids is 1. The van der Waals surface area contributed by atoms with E-state index >= 15 is 0 Å². The average Bonchev–Trinajstić information content (AvgIpc) is 2.55. The van der Waals surface area contributed by atoms with Crippen molar-refractivity contribution in [3.05, 3.63) is 35.7 Å². The van der Waals surface area contributed by atoms with Gasteiger partial charge >= 0.3 is 0 Å². The Morgan fingerprint density at radius 3 is 2.72 bits per heavy atom. The Bertz CT molecular complexity index is 774. The number of aromatic nitrogens is 3. The Balaban J connectivity index is 1.99. The van der Waals surface area contributed by atoms with Crippen molar-refractivity contribution in [2.45, 2.75) is 17.9 Å². The highest BCUT2D eigenvalue weighted by Crippen LogP contribution is 2.20. The van der Waals surface area contributed by atoms with Gasteiger partial charge in [0.05, 0.1) is 16.7 Å². The molecular formula is C15H18F2N6OS. The van der Waals surface area contributed by atoms with Gasteiger partial charge in [0.15, 0.2) is 0 Å². The molecule has 10 heteroatoms. The summed E-state index contributed by atoms with van der Waals surface area (Å²) in [5, 5.41) is 1.83. The third kappa shape index (κ3) is 5.24. The minimum Gasteiger partial charge on any atom is -0.368 e. The van der Waals surface area contributed by atoms with Gasteiger partial charge in [-0.05, 0) is 19.1 Å². The average molecular weight is 368 g/mol. The fourth-order valence-electron chi connectivity index (χ4n) is 1.79. The van der Waals surface area contributed by atoms with Crippen LogP contribution in [0.1, 0.15) is 12.7 Å². The number of thioether (sulfide) groups is 1. The van der Waals surface area contributed by atoms with Gasteiger partial charge in [-0.1, -0.05) is 0 Å². The first-order chi connectivity index (χ1) is 11.8. The molecule has 0 bridgehead atoms. The molecule has 0 unspecified atom stereocenters. The van der Waals surface area contributed by atoms with Crippen LogP contribution in [0.3, 0.4) is 0 Å². The van der Waals surface area contributed by atoms with Crippen LogP contribution >= 0.6 is 11.8 Å². The van der Waals surface area contributed by atoms with Crippen LogP contribution in [0.25, 0.3) is 0 Å². The Morgan fingerprint density at radius 2 is 2.04 bits per heavy atom. The summed E-state index contributed by atoms with van der Waals surface area (Å²) >= 11 is 1.24. The van der Waals surface area contributed by atoms with Crippen molar-refractivity contribution in [1.29, 1.82) is 0 Å². The van der Waals surface area contributed by atoms with Gasteiger partial charge in [0.1, 0.15) is 17.5 Å². The smallest absolute Gasteiger partial charge is 0.237 e. The van der Waals surface area contributed by atoms with E-state index in [-0.39, 0.29) is 11.6 Å². The van der Waals surface area contributed by atoms with Crippen molar-refractivity contribution in [2.24, 2.45) is 0 Å². The number of benzene rings is 1. The van der Waals surface area contributed by atoms with E-state index < -0.39 is 22.8 Å². The molecule has 3 N–H and O–H groups in total. The van der Waals surface area contributed by atoms with Gasteiger partial charge in [0.25, 0.3) is 0 Å². The summed E-state index contributed by atoms with van der Waals surface area (Å²) in [6.07, 6.45) is 0. The lowest BCUT2D eigenvalue weighted by atomic mass is 10.3. The number of nitrogen functional groups attached to an aromatic ring is 1. The zero-order valence-electron chi connectivity index (χ0n) is 14.0. The van der Waals surface area contributed by atoms with E-state index in [0.717, 1.165) is 18.2 Å². The zero-order valence-corrected chi connectivity index (χ0v) is 14.8. The number of nitrogens with one attached hydrogen (secondary N) is 1. The van der Waals surface area contributed by atoms with Gasteiger partial charge in [-0.25, -0.2) is 8.78 Å². The number of anilines is 3. The van der Waals surface area contributed by atoms with Gasteiger partial charge in [-0.15, -0.1) is 11.8 Å². The molecule has 7 nitrogen and oxygen atoms in total. The van der Waals surface area contributed by atoms with Gasteiger partial charge in [-0.2, -0.15) is 15.0 Å². The van der Waals surface area contributed by atoms with E-state index in [1.165, 1.54) is 11.8 Å². The van der Waals surface area contributed by atoms with Crippen molar-refractivity contribution in [2.75, 3.05) is 30.0 Å². The fraction of sp³-hybridized carbons (Fsp3) is 0.333. The van der Waals surface area contributed by atoms with E-state index in [1.54, 1.807) is 25.9 Å². The van der Waals surface area contributed by atoms with Crippen LogP contribution in [0, 0.1) is 11.6 Å². The highest BCUT2D eigenvalue weighted by molar-refractivity contribution is 7.99. The molecule has 134 valence electrons. The number of hydrogen-bond acceptors (Lipinski definition) is 7. The monoisotopic (exact) mass is 368 g/mol. The van der Waals surface area contributed by atoms with Crippen molar-refractivity contribution >= 4 is 35.3 Å². The Hall–Kier alpha value is -2.49. The molecule has 0 fully saturated rings. The maximum atomic E-state index is 13.6. The first-order valence-electron chi connectivity index (χ1n) is 7.31. The molecule has 0 saturated carbocycles. The van der Waals surface area contributed by atoms with Gasteiger partial charge in [-0.3, -0.25) is 4.79 Å². The first kappa shape index (κ1) is 18.8. The lowest BCUT2D eigenvalue weighted by Gasteiger charge is -2.14. The van der Waals surface area contributed by atoms with Crippen LogP contribution in [0.15, 0.2) is 18.2 Å². The molecule has 2 aromatic rings. The molecule has 0 radical (unpaired) electrons. The Morgan fingerprint density at radius 1 is 1.32 bits per heavy atom. The summed E-state index contributed by atoms with van der Waals surface area (Å²) in [5.74, 6) is -0.535. The van der Waals surface area contributed by atoms with Crippen molar-refractivity contribution in [3.63, 3.8) is 0 Å². The second kappa shape index (κ2) is 8.06. The minimum absolute atomic E-state index is 0.0910. The van der Waals surface area contributed by atoms with Crippen LogP contribution < -0.4 is 16.0 Å². The van der Waals surface area contributed by atoms with Crippen LogP contribution in [0.5, 0.6) is 0 Å². The molecule has 0 saturated heterocycles. The molecule has 1 aromatic carbocycles. The van der Waals surface area contributed by atoms with Crippen molar-refractivity contribution in [1.82, 2.24) is 15.0 Å². The number of nitrogens with zero attached hydrogens (tertiary/aromatic N) is 4. The number of nitrogens with two attached hydrogens (primary N) is 1.